The van der Waals surface area contributed by atoms with E-state index in [-0.39, 0.29) is 5.97 Å². The summed E-state index contributed by atoms with van der Waals surface area (Å²) >= 11 is 5.89. The zero-order valence-electron chi connectivity index (χ0n) is 9.06. The van der Waals surface area contributed by atoms with Gasteiger partial charge in [0.05, 0.1) is 17.9 Å². The van der Waals surface area contributed by atoms with Crippen LogP contribution in [-0.2, 0) is 4.74 Å². The molecular weight excluding hydrogens is 214 g/mol. The van der Waals surface area contributed by atoms with Crippen LogP contribution < -0.4 is 5.32 Å². The quantitative estimate of drug-likeness (QED) is 0.807. The predicted octanol–water partition coefficient (Wildman–Crippen LogP) is 2.87. The van der Waals surface area contributed by atoms with E-state index in [4.69, 9.17) is 16.3 Å². The first-order valence-corrected chi connectivity index (χ1v) is 5.13. The Bertz CT molecular complexity index is 377. The van der Waals surface area contributed by atoms with Crippen molar-refractivity contribution in [2.24, 2.45) is 0 Å². The number of anilines is 1. The number of nitrogens with one attached hydrogen (secondary N) is 1. The SMILES string of the molecule is CCOC(=O)c1cc(Cl)cc(C)c1NC. The van der Waals surface area contributed by atoms with Crippen LogP contribution >= 0.6 is 11.6 Å². The number of esters is 1. The van der Waals surface area contributed by atoms with E-state index in [0.717, 1.165) is 11.3 Å². The fraction of sp³-hybridized carbons (Fsp3) is 0.364. The maximum atomic E-state index is 11.6. The third kappa shape index (κ3) is 2.63. The van der Waals surface area contributed by atoms with Crippen LogP contribution in [0.1, 0.15) is 22.8 Å². The van der Waals surface area contributed by atoms with Crippen molar-refractivity contribution in [1.82, 2.24) is 0 Å². The lowest BCUT2D eigenvalue weighted by Crippen LogP contribution is -2.09. The third-order valence-electron chi connectivity index (χ3n) is 2.05. The monoisotopic (exact) mass is 227 g/mol. The molecule has 4 heteroatoms. The van der Waals surface area contributed by atoms with Gasteiger partial charge in [0.1, 0.15) is 0 Å². The number of halogens is 1. The summed E-state index contributed by atoms with van der Waals surface area (Å²) in [7, 11) is 1.76. The van der Waals surface area contributed by atoms with Gasteiger partial charge in [0.15, 0.2) is 0 Å². The summed E-state index contributed by atoms with van der Waals surface area (Å²) in [6, 6.07) is 3.41. The van der Waals surface area contributed by atoms with Crippen LogP contribution in [0.15, 0.2) is 12.1 Å². The normalized spacial score (nSPS) is 9.87. The highest BCUT2D eigenvalue weighted by Crippen LogP contribution is 2.25. The van der Waals surface area contributed by atoms with E-state index in [1.54, 1.807) is 26.1 Å². The maximum absolute atomic E-state index is 11.6. The Labute approximate surface area is 94.4 Å². The number of rotatable bonds is 3. The molecule has 0 aromatic heterocycles. The summed E-state index contributed by atoms with van der Waals surface area (Å²) < 4.78 is 4.94. The Morgan fingerprint density at radius 1 is 1.53 bits per heavy atom. The number of benzene rings is 1. The largest absolute Gasteiger partial charge is 0.462 e. The first-order valence-electron chi connectivity index (χ1n) is 4.75. The van der Waals surface area contributed by atoms with Crippen molar-refractivity contribution in [3.63, 3.8) is 0 Å². The number of ether oxygens (including phenoxy) is 1. The molecule has 1 rings (SSSR count). The number of carbonyl (C=O) groups is 1. The standard InChI is InChI=1S/C11H14ClNO2/c1-4-15-11(14)9-6-8(12)5-7(2)10(9)13-3/h5-6,13H,4H2,1-3H3. The Morgan fingerprint density at radius 3 is 2.73 bits per heavy atom. The molecule has 15 heavy (non-hydrogen) atoms. The molecule has 1 aromatic carbocycles. The second kappa shape index (κ2) is 5.03. The summed E-state index contributed by atoms with van der Waals surface area (Å²) in [5, 5.41) is 3.51. The summed E-state index contributed by atoms with van der Waals surface area (Å²) in [6.07, 6.45) is 0. The fourth-order valence-corrected chi connectivity index (χ4v) is 1.72. The molecule has 0 spiro atoms. The number of aryl methyl sites for hydroxylation is 1. The van der Waals surface area contributed by atoms with Crippen molar-refractivity contribution in [1.29, 1.82) is 0 Å². The van der Waals surface area contributed by atoms with Gasteiger partial charge >= 0.3 is 5.97 Å². The van der Waals surface area contributed by atoms with Crippen molar-refractivity contribution in [2.45, 2.75) is 13.8 Å². The smallest absolute Gasteiger partial charge is 0.340 e. The average Bonchev–Trinajstić information content (AvgIpc) is 2.17. The number of hydrogen-bond acceptors (Lipinski definition) is 3. The van der Waals surface area contributed by atoms with Gasteiger partial charge in [0.25, 0.3) is 0 Å². The summed E-state index contributed by atoms with van der Waals surface area (Å²) in [4.78, 5) is 11.6. The van der Waals surface area contributed by atoms with Gasteiger partial charge in [0, 0.05) is 12.1 Å². The lowest BCUT2D eigenvalue weighted by molar-refractivity contribution is 0.0527. The molecule has 0 radical (unpaired) electrons. The van der Waals surface area contributed by atoms with Crippen LogP contribution in [0.3, 0.4) is 0 Å². The molecule has 0 heterocycles. The van der Waals surface area contributed by atoms with Gasteiger partial charge in [-0.05, 0) is 31.5 Å². The van der Waals surface area contributed by atoms with Gasteiger partial charge in [-0.2, -0.15) is 0 Å². The van der Waals surface area contributed by atoms with E-state index in [1.807, 2.05) is 6.92 Å². The molecule has 0 saturated heterocycles. The summed E-state index contributed by atoms with van der Waals surface area (Å²) in [5.41, 5.74) is 2.16. The molecule has 3 nitrogen and oxygen atoms in total. The van der Waals surface area contributed by atoms with Crippen LogP contribution in [0.5, 0.6) is 0 Å². The molecule has 0 atom stereocenters. The second-order valence-corrected chi connectivity index (χ2v) is 3.55. The van der Waals surface area contributed by atoms with Gasteiger partial charge in [0.2, 0.25) is 0 Å². The van der Waals surface area contributed by atoms with E-state index in [9.17, 15) is 4.79 Å². The van der Waals surface area contributed by atoms with Crippen molar-refractivity contribution < 1.29 is 9.53 Å². The molecule has 1 N–H and O–H groups in total. The first-order chi connectivity index (χ1) is 7.10. The summed E-state index contributed by atoms with van der Waals surface area (Å²) in [5.74, 6) is -0.354. The predicted molar refractivity (Wildman–Crippen MR) is 61.7 cm³/mol. The highest BCUT2D eigenvalue weighted by atomic mass is 35.5. The van der Waals surface area contributed by atoms with E-state index < -0.39 is 0 Å². The van der Waals surface area contributed by atoms with E-state index in [2.05, 4.69) is 5.32 Å². The Hall–Kier alpha value is -1.22. The van der Waals surface area contributed by atoms with Gasteiger partial charge < -0.3 is 10.1 Å². The second-order valence-electron chi connectivity index (χ2n) is 3.12. The van der Waals surface area contributed by atoms with E-state index in [1.165, 1.54) is 0 Å². The molecule has 0 amide bonds. The Balaban J connectivity index is 3.20. The van der Waals surface area contributed by atoms with Crippen molar-refractivity contribution in [2.75, 3.05) is 19.0 Å². The fourth-order valence-electron chi connectivity index (χ4n) is 1.44. The molecule has 0 fully saturated rings. The lowest BCUT2D eigenvalue weighted by Gasteiger charge is -2.11. The van der Waals surface area contributed by atoms with Crippen LogP contribution in [-0.4, -0.2) is 19.6 Å². The molecule has 0 aliphatic rings. The topological polar surface area (TPSA) is 38.3 Å². The molecule has 0 aliphatic carbocycles. The van der Waals surface area contributed by atoms with Crippen LogP contribution in [0.25, 0.3) is 0 Å². The van der Waals surface area contributed by atoms with Crippen molar-refractivity contribution in [3.05, 3.63) is 28.3 Å². The minimum atomic E-state index is -0.354. The van der Waals surface area contributed by atoms with Gasteiger partial charge in [-0.1, -0.05) is 11.6 Å². The van der Waals surface area contributed by atoms with Gasteiger partial charge in [-0.15, -0.1) is 0 Å². The van der Waals surface area contributed by atoms with Crippen LogP contribution in [0, 0.1) is 6.92 Å². The zero-order chi connectivity index (χ0) is 11.4. The minimum Gasteiger partial charge on any atom is -0.462 e. The summed E-state index contributed by atoms with van der Waals surface area (Å²) in [6.45, 7) is 4.02. The van der Waals surface area contributed by atoms with Crippen molar-refractivity contribution in [3.8, 4) is 0 Å². The van der Waals surface area contributed by atoms with Gasteiger partial charge in [-0.3, -0.25) is 0 Å². The molecule has 1 aromatic rings. The van der Waals surface area contributed by atoms with E-state index >= 15 is 0 Å². The van der Waals surface area contributed by atoms with Crippen LogP contribution in [0.2, 0.25) is 5.02 Å². The molecule has 0 saturated carbocycles. The lowest BCUT2D eigenvalue weighted by atomic mass is 10.1. The molecule has 0 aliphatic heterocycles. The average molecular weight is 228 g/mol. The molecule has 0 unspecified atom stereocenters. The molecule has 82 valence electrons. The maximum Gasteiger partial charge on any atom is 0.340 e. The zero-order valence-corrected chi connectivity index (χ0v) is 9.81. The highest BCUT2D eigenvalue weighted by Gasteiger charge is 2.14. The Morgan fingerprint density at radius 2 is 2.20 bits per heavy atom. The Kier molecular flexibility index (Phi) is 3.97. The van der Waals surface area contributed by atoms with Crippen LogP contribution in [0.4, 0.5) is 5.69 Å². The minimum absolute atomic E-state index is 0.354. The van der Waals surface area contributed by atoms with E-state index in [0.29, 0.717) is 17.2 Å². The molecular formula is C11H14ClNO2. The van der Waals surface area contributed by atoms with Gasteiger partial charge in [-0.25, -0.2) is 4.79 Å². The number of hydrogen-bond donors (Lipinski definition) is 1. The van der Waals surface area contributed by atoms with Crippen molar-refractivity contribution >= 4 is 23.3 Å². The third-order valence-corrected chi connectivity index (χ3v) is 2.26. The first kappa shape index (κ1) is 11.9. The highest BCUT2D eigenvalue weighted by molar-refractivity contribution is 6.31. The number of carbonyl (C=O) groups excluding carboxylic acids is 1. The molecule has 0 bridgehead atoms.